The zero-order chi connectivity index (χ0) is 20.0. The van der Waals surface area contributed by atoms with Crippen LogP contribution in [0.4, 0.5) is 19.0 Å². The number of nitrogens with one attached hydrogen (secondary N) is 1. The SMILES string of the molecule is Fc1c(CNc2ncnc3c2CC(N2CC4(COC4)C2)CC3)cccc1C(F)F. The van der Waals surface area contributed by atoms with Crippen molar-refractivity contribution < 1.29 is 17.9 Å². The number of likely N-dealkylation sites (tertiary alicyclic amines) is 1. The number of benzene rings is 1. The third-order valence-electron chi connectivity index (χ3n) is 6.39. The first-order valence-electron chi connectivity index (χ1n) is 9.98. The maximum atomic E-state index is 14.3. The number of halogens is 3. The van der Waals surface area contributed by atoms with Crippen LogP contribution in [0.25, 0.3) is 0 Å². The molecule has 1 atom stereocenters. The molecule has 2 aromatic rings. The van der Waals surface area contributed by atoms with E-state index < -0.39 is 17.8 Å². The lowest BCUT2D eigenvalue weighted by Gasteiger charge is -2.58. The van der Waals surface area contributed by atoms with Crippen LogP contribution in [-0.2, 0) is 24.1 Å². The second-order valence-corrected chi connectivity index (χ2v) is 8.42. The molecule has 1 aromatic heterocycles. The topological polar surface area (TPSA) is 50.3 Å². The summed E-state index contributed by atoms with van der Waals surface area (Å²) in [6.07, 6.45) is 1.47. The summed E-state index contributed by atoms with van der Waals surface area (Å²) >= 11 is 0. The first-order chi connectivity index (χ1) is 14.0. The number of ether oxygens (including phenoxy) is 1. The molecule has 1 aliphatic carbocycles. The molecule has 3 heterocycles. The average molecular weight is 404 g/mol. The minimum atomic E-state index is -2.83. The van der Waals surface area contributed by atoms with Gasteiger partial charge in [-0.2, -0.15) is 0 Å². The fourth-order valence-corrected chi connectivity index (χ4v) is 4.71. The molecule has 2 saturated heterocycles. The molecule has 0 saturated carbocycles. The van der Waals surface area contributed by atoms with Gasteiger partial charge in [-0.1, -0.05) is 18.2 Å². The lowest BCUT2D eigenvalue weighted by Crippen LogP contribution is -2.68. The van der Waals surface area contributed by atoms with Gasteiger partial charge in [0.2, 0.25) is 0 Å². The Morgan fingerprint density at radius 3 is 2.79 bits per heavy atom. The highest BCUT2D eigenvalue weighted by Gasteiger charge is 2.51. The minimum Gasteiger partial charge on any atom is -0.380 e. The number of nitrogens with zero attached hydrogens (tertiary/aromatic N) is 3. The molecule has 0 radical (unpaired) electrons. The van der Waals surface area contributed by atoms with E-state index in [4.69, 9.17) is 4.74 Å². The van der Waals surface area contributed by atoms with Gasteiger partial charge in [0.25, 0.3) is 6.43 Å². The van der Waals surface area contributed by atoms with E-state index in [1.807, 2.05) is 0 Å². The van der Waals surface area contributed by atoms with E-state index in [0.29, 0.717) is 17.3 Å². The van der Waals surface area contributed by atoms with Crippen LogP contribution >= 0.6 is 0 Å². The summed E-state index contributed by atoms with van der Waals surface area (Å²) in [5, 5.41) is 3.16. The molecule has 1 N–H and O–H groups in total. The highest BCUT2D eigenvalue weighted by molar-refractivity contribution is 5.48. The summed E-state index contributed by atoms with van der Waals surface area (Å²) in [6.45, 7) is 3.99. The van der Waals surface area contributed by atoms with E-state index in [0.717, 1.165) is 62.9 Å². The van der Waals surface area contributed by atoms with Gasteiger partial charge < -0.3 is 10.1 Å². The zero-order valence-electron chi connectivity index (χ0n) is 16.0. The van der Waals surface area contributed by atoms with E-state index in [1.54, 1.807) is 0 Å². The van der Waals surface area contributed by atoms with E-state index in [2.05, 4.69) is 20.2 Å². The van der Waals surface area contributed by atoms with E-state index in [1.165, 1.54) is 18.5 Å². The Balaban J connectivity index is 1.30. The van der Waals surface area contributed by atoms with Crippen molar-refractivity contribution in [1.29, 1.82) is 0 Å². The highest BCUT2D eigenvalue weighted by Crippen LogP contribution is 2.41. The van der Waals surface area contributed by atoms with Gasteiger partial charge in [-0.15, -0.1) is 0 Å². The van der Waals surface area contributed by atoms with E-state index in [9.17, 15) is 13.2 Å². The molecule has 8 heteroatoms. The Kier molecular flexibility index (Phi) is 4.70. The number of aryl methyl sites for hydroxylation is 1. The lowest BCUT2D eigenvalue weighted by molar-refractivity contribution is -0.199. The quantitative estimate of drug-likeness (QED) is 0.828. The Hall–Kier alpha value is -2.19. The summed E-state index contributed by atoms with van der Waals surface area (Å²) in [4.78, 5) is 11.3. The molecule has 0 bridgehead atoms. The fourth-order valence-electron chi connectivity index (χ4n) is 4.71. The van der Waals surface area contributed by atoms with Crippen molar-refractivity contribution in [2.24, 2.45) is 5.41 Å². The smallest absolute Gasteiger partial charge is 0.266 e. The van der Waals surface area contributed by atoms with Crippen molar-refractivity contribution >= 4 is 5.82 Å². The van der Waals surface area contributed by atoms with Gasteiger partial charge in [0, 0.05) is 47.9 Å². The third kappa shape index (κ3) is 3.38. The molecule has 3 aliphatic rings. The Morgan fingerprint density at radius 2 is 2.07 bits per heavy atom. The summed E-state index contributed by atoms with van der Waals surface area (Å²) in [5.41, 5.74) is 2.09. The molecule has 1 aromatic carbocycles. The maximum absolute atomic E-state index is 14.3. The predicted octanol–water partition coefficient (Wildman–Crippen LogP) is 3.35. The van der Waals surface area contributed by atoms with Crippen LogP contribution in [0, 0.1) is 11.2 Å². The van der Waals surface area contributed by atoms with Crippen LogP contribution in [0.1, 0.15) is 35.2 Å². The first-order valence-corrected chi connectivity index (χ1v) is 9.98. The molecule has 2 aliphatic heterocycles. The lowest BCUT2D eigenvalue weighted by atomic mass is 9.75. The number of hydrogen-bond acceptors (Lipinski definition) is 5. The number of hydrogen-bond donors (Lipinski definition) is 1. The van der Waals surface area contributed by atoms with Crippen LogP contribution in [-0.4, -0.2) is 47.2 Å². The van der Waals surface area contributed by atoms with Gasteiger partial charge >= 0.3 is 0 Å². The van der Waals surface area contributed by atoms with Crippen molar-refractivity contribution in [1.82, 2.24) is 14.9 Å². The van der Waals surface area contributed by atoms with Crippen molar-refractivity contribution in [2.75, 3.05) is 31.6 Å². The normalized spacial score (nSPS) is 22.8. The van der Waals surface area contributed by atoms with E-state index >= 15 is 0 Å². The third-order valence-corrected chi connectivity index (χ3v) is 6.39. The monoisotopic (exact) mass is 404 g/mol. The van der Waals surface area contributed by atoms with E-state index in [-0.39, 0.29) is 12.1 Å². The van der Waals surface area contributed by atoms with Crippen molar-refractivity contribution in [3.8, 4) is 0 Å². The average Bonchev–Trinajstić information content (AvgIpc) is 2.64. The van der Waals surface area contributed by atoms with Crippen molar-refractivity contribution in [3.05, 3.63) is 52.7 Å². The zero-order valence-corrected chi connectivity index (χ0v) is 16.0. The Morgan fingerprint density at radius 1 is 1.24 bits per heavy atom. The molecule has 1 spiro atoms. The Labute approximate surface area is 167 Å². The number of alkyl halides is 2. The second-order valence-electron chi connectivity index (χ2n) is 8.42. The van der Waals surface area contributed by atoms with Gasteiger partial charge in [-0.05, 0) is 19.3 Å². The number of anilines is 1. The van der Waals surface area contributed by atoms with Crippen molar-refractivity contribution in [2.45, 2.75) is 38.3 Å². The summed E-state index contributed by atoms with van der Waals surface area (Å²) in [6, 6.07) is 4.54. The maximum Gasteiger partial charge on any atom is 0.266 e. The highest BCUT2D eigenvalue weighted by atomic mass is 19.3. The number of fused-ring (bicyclic) bond motifs is 1. The van der Waals surface area contributed by atoms with Gasteiger partial charge in [0.15, 0.2) is 0 Å². The molecule has 1 unspecified atom stereocenters. The summed E-state index contributed by atoms with van der Waals surface area (Å²) in [7, 11) is 0. The molecule has 2 fully saturated rings. The van der Waals surface area contributed by atoms with Crippen LogP contribution in [0.2, 0.25) is 0 Å². The molecule has 5 nitrogen and oxygen atoms in total. The number of rotatable bonds is 5. The number of aromatic nitrogens is 2. The van der Waals surface area contributed by atoms with Crippen LogP contribution in [0.3, 0.4) is 0 Å². The predicted molar refractivity (Wildman–Crippen MR) is 101 cm³/mol. The van der Waals surface area contributed by atoms with Crippen LogP contribution in [0.5, 0.6) is 0 Å². The van der Waals surface area contributed by atoms with Gasteiger partial charge in [0.05, 0.1) is 18.8 Å². The molecular weight excluding hydrogens is 381 g/mol. The first kappa shape index (κ1) is 18.8. The largest absolute Gasteiger partial charge is 0.380 e. The fraction of sp³-hybridized carbons (Fsp3) is 0.524. The standard InChI is InChI=1S/C21H23F3N4O/c22-18-13(2-1-3-15(18)19(23)24)7-25-20-16-6-14(4-5-17(16)26-12-27-20)28-8-21(9-28)10-29-11-21/h1-3,12,14,19H,4-11H2,(H,25,26,27). The summed E-state index contributed by atoms with van der Waals surface area (Å²) in [5.74, 6) is -0.187. The van der Waals surface area contributed by atoms with Gasteiger partial charge in [-0.25, -0.2) is 23.1 Å². The molecule has 29 heavy (non-hydrogen) atoms. The molecule has 0 amide bonds. The minimum absolute atomic E-state index is 0.102. The van der Waals surface area contributed by atoms with Gasteiger partial charge in [0.1, 0.15) is 18.0 Å². The van der Waals surface area contributed by atoms with Crippen LogP contribution in [0.15, 0.2) is 24.5 Å². The molecule has 154 valence electrons. The van der Waals surface area contributed by atoms with Crippen molar-refractivity contribution in [3.63, 3.8) is 0 Å². The molecule has 5 rings (SSSR count). The van der Waals surface area contributed by atoms with Gasteiger partial charge in [-0.3, -0.25) is 4.90 Å². The summed E-state index contributed by atoms with van der Waals surface area (Å²) < 4.78 is 45.6. The van der Waals surface area contributed by atoms with Crippen LogP contribution < -0.4 is 5.32 Å². The Bertz CT molecular complexity index is 911. The second kappa shape index (κ2) is 7.25. The molecular formula is C21H23F3N4O.